The molecule has 0 aliphatic carbocycles. The molecular formula is C15H20N2O2. The van der Waals surface area contributed by atoms with Gasteiger partial charge in [-0.25, -0.2) is 9.78 Å². The zero-order valence-corrected chi connectivity index (χ0v) is 11.7. The molecule has 0 amide bonds. The third-order valence-corrected chi connectivity index (χ3v) is 3.65. The SMILES string of the molecule is CCc1nc2c(C(=O)O)cccc2n1C(CC)CC. The van der Waals surface area contributed by atoms with Crippen LogP contribution in [0.15, 0.2) is 18.2 Å². The first-order chi connectivity index (χ1) is 9.13. The van der Waals surface area contributed by atoms with E-state index in [9.17, 15) is 9.90 Å². The van der Waals surface area contributed by atoms with Gasteiger partial charge in [0.05, 0.1) is 11.1 Å². The maximum absolute atomic E-state index is 11.3. The number of rotatable bonds is 5. The maximum atomic E-state index is 11.3. The Hall–Kier alpha value is -1.84. The van der Waals surface area contributed by atoms with E-state index in [-0.39, 0.29) is 5.56 Å². The summed E-state index contributed by atoms with van der Waals surface area (Å²) in [7, 11) is 0. The highest BCUT2D eigenvalue weighted by molar-refractivity contribution is 6.01. The number of hydrogen-bond donors (Lipinski definition) is 1. The molecule has 0 fully saturated rings. The van der Waals surface area contributed by atoms with Crippen LogP contribution in [0.2, 0.25) is 0 Å². The number of nitrogens with zero attached hydrogens (tertiary/aromatic N) is 2. The molecule has 4 nitrogen and oxygen atoms in total. The third kappa shape index (κ3) is 2.23. The standard InChI is InChI=1S/C15H20N2O2/c1-4-10(5-2)17-12-9-7-8-11(15(18)19)14(12)16-13(17)6-3/h7-10H,4-6H2,1-3H3,(H,18,19). The van der Waals surface area contributed by atoms with Crippen molar-refractivity contribution in [2.75, 3.05) is 0 Å². The first-order valence-corrected chi connectivity index (χ1v) is 6.87. The molecule has 0 bridgehead atoms. The van der Waals surface area contributed by atoms with Crippen LogP contribution >= 0.6 is 0 Å². The lowest BCUT2D eigenvalue weighted by atomic mass is 10.1. The summed E-state index contributed by atoms with van der Waals surface area (Å²) < 4.78 is 2.21. The molecule has 1 aromatic carbocycles. The van der Waals surface area contributed by atoms with Crippen LogP contribution in [0.3, 0.4) is 0 Å². The summed E-state index contributed by atoms with van der Waals surface area (Å²) in [6, 6.07) is 5.76. The Morgan fingerprint density at radius 2 is 2.00 bits per heavy atom. The molecule has 2 aromatic rings. The Morgan fingerprint density at radius 3 is 2.53 bits per heavy atom. The van der Waals surface area contributed by atoms with Crippen molar-refractivity contribution in [2.45, 2.75) is 46.1 Å². The highest BCUT2D eigenvalue weighted by Crippen LogP contribution is 2.27. The van der Waals surface area contributed by atoms with Gasteiger partial charge in [-0.05, 0) is 25.0 Å². The minimum atomic E-state index is -0.914. The Morgan fingerprint density at radius 1 is 1.32 bits per heavy atom. The van der Waals surface area contributed by atoms with Gasteiger partial charge in [0.15, 0.2) is 0 Å². The van der Waals surface area contributed by atoms with Crippen molar-refractivity contribution in [3.8, 4) is 0 Å². The number of fused-ring (bicyclic) bond motifs is 1. The lowest BCUT2D eigenvalue weighted by Gasteiger charge is -2.18. The summed E-state index contributed by atoms with van der Waals surface area (Å²) in [6.07, 6.45) is 2.85. The molecule has 0 radical (unpaired) electrons. The topological polar surface area (TPSA) is 55.1 Å². The Bertz CT molecular complexity index is 597. The van der Waals surface area contributed by atoms with E-state index < -0.39 is 5.97 Å². The van der Waals surface area contributed by atoms with Gasteiger partial charge < -0.3 is 9.67 Å². The summed E-state index contributed by atoms with van der Waals surface area (Å²) in [5.74, 6) is 0.0554. The number of imidazole rings is 1. The number of para-hydroxylation sites is 1. The monoisotopic (exact) mass is 260 g/mol. The minimum Gasteiger partial charge on any atom is -0.478 e. The molecule has 0 saturated carbocycles. The average molecular weight is 260 g/mol. The molecule has 4 heteroatoms. The van der Waals surface area contributed by atoms with Crippen molar-refractivity contribution in [3.05, 3.63) is 29.6 Å². The van der Waals surface area contributed by atoms with Crippen molar-refractivity contribution < 1.29 is 9.90 Å². The van der Waals surface area contributed by atoms with E-state index >= 15 is 0 Å². The van der Waals surface area contributed by atoms with Crippen LogP contribution in [-0.2, 0) is 6.42 Å². The molecule has 1 aromatic heterocycles. The first kappa shape index (κ1) is 13.6. The molecule has 0 saturated heterocycles. The highest BCUT2D eigenvalue weighted by atomic mass is 16.4. The number of aromatic nitrogens is 2. The van der Waals surface area contributed by atoms with Crippen LogP contribution in [0.4, 0.5) is 0 Å². The fraction of sp³-hybridized carbons (Fsp3) is 0.467. The van der Waals surface area contributed by atoms with Crippen molar-refractivity contribution in [1.82, 2.24) is 9.55 Å². The highest BCUT2D eigenvalue weighted by Gasteiger charge is 2.19. The predicted molar refractivity (Wildman–Crippen MR) is 75.7 cm³/mol. The van der Waals surface area contributed by atoms with Gasteiger partial charge >= 0.3 is 5.97 Å². The van der Waals surface area contributed by atoms with Crippen LogP contribution in [0.25, 0.3) is 11.0 Å². The van der Waals surface area contributed by atoms with E-state index in [0.717, 1.165) is 30.6 Å². The number of carboxylic acids is 1. The molecule has 0 aliphatic heterocycles. The fourth-order valence-corrected chi connectivity index (χ4v) is 2.65. The number of hydrogen-bond acceptors (Lipinski definition) is 2. The number of carboxylic acid groups (broad SMARTS) is 1. The van der Waals surface area contributed by atoms with Crippen molar-refractivity contribution in [2.24, 2.45) is 0 Å². The first-order valence-electron chi connectivity index (χ1n) is 6.87. The van der Waals surface area contributed by atoms with Crippen LogP contribution in [0.5, 0.6) is 0 Å². The zero-order chi connectivity index (χ0) is 14.0. The van der Waals surface area contributed by atoms with Gasteiger partial charge in [-0.1, -0.05) is 26.8 Å². The number of aromatic carboxylic acids is 1. The summed E-state index contributed by atoms with van der Waals surface area (Å²) in [4.78, 5) is 15.8. The van der Waals surface area contributed by atoms with Crippen LogP contribution in [-0.4, -0.2) is 20.6 Å². The Labute approximate surface area is 113 Å². The number of aryl methyl sites for hydroxylation is 1. The minimum absolute atomic E-state index is 0.289. The molecule has 1 N–H and O–H groups in total. The van der Waals surface area contributed by atoms with Crippen molar-refractivity contribution in [3.63, 3.8) is 0 Å². The molecule has 19 heavy (non-hydrogen) atoms. The van der Waals surface area contributed by atoms with E-state index in [1.165, 1.54) is 0 Å². The van der Waals surface area contributed by atoms with Gasteiger partial charge in [0.1, 0.15) is 11.3 Å². The van der Waals surface area contributed by atoms with Gasteiger partial charge in [-0.2, -0.15) is 0 Å². The number of benzene rings is 1. The quantitative estimate of drug-likeness (QED) is 0.892. The van der Waals surface area contributed by atoms with E-state index in [1.807, 2.05) is 6.07 Å². The zero-order valence-electron chi connectivity index (χ0n) is 11.7. The van der Waals surface area contributed by atoms with Crippen molar-refractivity contribution >= 4 is 17.0 Å². The van der Waals surface area contributed by atoms with Gasteiger partial charge in [0.2, 0.25) is 0 Å². The molecule has 102 valence electrons. The summed E-state index contributed by atoms with van der Waals surface area (Å²) in [5, 5.41) is 9.26. The second-order valence-corrected chi connectivity index (χ2v) is 4.70. The number of carbonyl (C=O) groups is 1. The predicted octanol–water partition coefficient (Wildman–Crippen LogP) is 3.66. The fourth-order valence-electron chi connectivity index (χ4n) is 2.65. The molecule has 0 aliphatic rings. The Balaban J connectivity index is 2.75. The summed E-state index contributed by atoms with van der Waals surface area (Å²) in [6.45, 7) is 6.36. The van der Waals surface area contributed by atoms with E-state index in [4.69, 9.17) is 0 Å². The van der Waals surface area contributed by atoms with Gasteiger partial charge in [-0.3, -0.25) is 0 Å². The lowest BCUT2D eigenvalue weighted by Crippen LogP contribution is -2.10. The van der Waals surface area contributed by atoms with Crippen LogP contribution < -0.4 is 0 Å². The molecule has 0 atom stereocenters. The van der Waals surface area contributed by atoms with Crippen LogP contribution in [0, 0.1) is 0 Å². The average Bonchev–Trinajstić information content (AvgIpc) is 2.79. The third-order valence-electron chi connectivity index (χ3n) is 3.65. The van der Waals surface area contributed by atoms with Crippen molar-refractivity contribution in [1.29, 1.82) is 0 Å². The second kappa shape index (κ2) is 5.43. The summed E-state index contributed by atoms with van der Waals surface area (Å²) in [5.41, 5.74) is 1.83. The van der Waals surface area contributed by atoms with Gasteiger partial charge in [-0.15, -0.1) is 0 Å². The van der Waals surface area contributed by atoms with E-state index in [2.05, 4.69) is 30.3 Å². The largest absolute Gasteiger partial charge is 0.478 e. The lowest BCUT2D eigenvalue weighted by molar-refractivity contribution is 0.0699. The van der Waals surface area contributed by atoms with Gasteiger partial charge in [0.25, 0.3) is 0 Å². The molecule has 0 spiro atoms. The maximum Gasteiger partial charge on any atom is 0.337 e. The van der Waals surface area contributed by atoms with E-state index in [1.54, 1.807) is 12.1 Å². The smallest absolute Gasteiger partial charge is 0.337 e. The van der Waals surface area contributed by atoms with Crippen LogP contribution in [0.1, 0.15) is 55.8 Å². The molecule has 2 rings (SSSR count). The van der Waals surface area contributed by atoms with E-state index in [0.29, 0.717) is 11.6 Å². The normalized spacial score (nSPS) is 11.4. The Kier molecular flexibility index (Phi) is 3.88. The summed E-state index contributed by atoms with van der Waals surface area (Å²) >= 11 is 0. The molecular weight excluding hydrogens is 240 g/mol. The molecule has 1 heterocycles. The van der Waals surface area contributed by atoms with Gasteiger partial charge in [0, 0.05) is 12.5 Å². The molecule has 0 unspecified atom stereocenters. The second-order valence-electron chi connectivity index (χ2n) is 4.70.